The summed E-state index contributed by atoms with van der Waals surface area (Å²) < 4.78 is 24.2. The molecule has 5 rings (SSSR count). The Bertz CT molecular complexity index is 1930. The summed E-state index contributed by atoms with van der Waals surface area (Å²) in [5, 5.41) is 0.547. The highest BCUT2D eigenvalue weighted by atomic mass is 35.5. The molecule has 0 saturated heterocycles. The first-order chi connectivity index (χ1) is 20.6. The predicted octanol–water partition coefficient (Wildman–Crippen LogP) is 5.28. The molecule has 1 aliphatic heterocycles. The molecule has 0 N–H and O–H groups in total. The highest BCUT2D eigenvalue weighted by Crippen LogP contribution is 2.36. The Morgan fingerprint density at radius 1 is 1.14 bits per heavy atom. The number of esters is 2. The van der Waals surface area contributed by atoms with Gasteiger partial charge in [-0.1, -0.05) is 55.0 Å². The molecule has 1 aliphatic rings. The first-order valence-corrected chi connectivity index (χ1v) is 14.7. The molecule has 0 amide bonds. The van der Waals surface area contributed by atoms with Gasteiger partial charge in [-0.15, -0.1) is 0 Å². The minimum Gasteiger partial charge on any atom is -0.493 e. The second-order valence-electron chi connectivity index (χ2n) is 10.3. The number of allylic oxidation sites excluding steroid dienone is 1. The molecule has 0 aliphatic carbocycles. The fraction of sp³-hybridized carbons (Fsp3) is 0.250. The van der Waals surface area contributed by atoms with Crippen LogP contribution in [-0.2, 0) is 14.3 Å². The maximum atomic E-state index is 14.0. The van der Waals surface area contributed by atoms with Crippen molar-refractivity contribution in [1.82, 2.24) is 4.57 Å². The van der Waals surface area contributed by atoms with Crippen LogP contribution < -0.4 is 24.4 Å². The molecule has 0 saturated carbocycles. The lowest BCUT2D eigenvalue weighted by Crippen LogP contribution is -2.40. The number of thiazole rings is 1. The molecule has 9 nitrogen and oxygen atoms in total. The van der Waals surface area contributed by atoms with Gasteiger partial charge in [0.1, 0.15) is 11.5 Å². The van der Waals surface area contributed by atoms with Gasteiger partial charge in [0.25, 0.3) is 5.56 Å². The number of hydrogen-bond donors (Lipinski definition) is 0. The summed E-state index contributed by atoms with van der Waals surface area (Å²) in [7, 11) is 1.44. The Morgan fingerprint density at radius 3 is 2.60 bits per heavy atom. The Morgan fingerprint density at radius 2 is 1.91 bits per heavy atom. The molecule has 0 radical (unpaired) electrons. The zero-order valence-electron chi connectivity index (χ0n) is 24.2. The minimum atomic E-state index is -0.881. The van der Waals surface area contributed by atoms with Crippen molar-refractivity contribution in [1.29, 1.82) is 0 Å². The monoisotopic (exact) mass is 620 g/mol. The molecule has 0 unspecified atom stereocenters. The van der Waals surface area contributed by atoms with Gasteiger partial charge in [-0.05, 0) is 54.8 Å². The Kier molecular flexibility index (Phi) is 8.70. The first kappa shape index (κ1) is 30.1. The number of benzene rings is 2. The van der Waals surface area contributed by atoms with E-state index in [0.29, 0.717) is 37.1 Å². The maximum absolute atomic E-state index is 14.0. The van der Waals surface area contributed by atoms with Crippen LogP contribution in [0, 0.1) is 5.92 Å². The summed E-state index contributed by atoms with van der Waals surface area (Å²) in [6.45, 7) is 7.07. The van der Waals surface area contributed by atoms with Crippen LogP contribution in [0.25, 0.3) is 17.4 Å². The summed E-state index contributed by atoms with van der Waals surface area (Å²) in [5.74, 6) is 0.516. The number of methoxy groups -OCH3 is 1. The third-order valence-corrected chi connectivity index (χ3v) is 7.90. The molecule has 0 bridgehead atoms. The zero-order chi connectivity index (χ0) is 30.8. The summed E-state index contributed by atoms with van der Waals surface area (Å²) in [5.41, 5.74) is 1.56. The number of ether oxygens (including phenoxy) is 3. The van der Waals surface area contributed by atoms with Crippen LogP contribution in [0.1, 0.15) is 45.1 Å². The normalized spacial score (nSPS) is 14.9. The van der Waals surface area contributed by atoms with Crippen LogP contribution in [0.2, 0.25) is 5.02 Å². The van der Waals surface area contributed by atoms with Crippen molar-refractivity contribution in [3.05, 3.63) is 102 Å². The number of carbonyl (C=O) groups excluding carboxylic acids is 2. The highest BCUT2D eigenvalue weighted by molar-refractivity contribution is 7.07. The van der Waals surface area contributed by atoms with E-state index in [2.05, 4.69) is 4.99 Å². The van der Waals surface area contributed by atoms with Gasteiger partial charge in [-0.2, -0.15) is 0 Å². The van der Waals surface area contributed by atoms with E-state index < -0.39 is 18.0 Å². The zero-order valence-corrected chi connectivity index (χ0v) is 25.7. The molecule has 1 atom stereocenters. The molecule has 222 valence electrons. The molecule has 4 aromatic rings. The molecular formula is C32H29ClN2O7S. The smallest absolute Gasteiger partial charge is 0.338 e. The SMILES string of the molecule is COc1cc([C@@H]2C(C(=O)OCC(C)C)=C(C)N=c3s/c(=C/c4ccc(-c5ccccc5Cl)o4)c(=O)n32)ccc1OC(C)=O. The standard InChI is InChI=1S/C32H29ClN2O7S/c1-17(2)16-40-31(38)28-18(3)34-32-35(29(28)20-10-12-25(41-19(4)36)26(14-20)39-5)30(37)27(43-32)15-21-11-13-24(42-21)22-8-6-7-9-23(22)33/h6-15,17,29H,16H2,1-5H3/b27-15+/t29-/m1/s1. The van der Waals surface area contributed by atoms with Crippen molar-refractivity contribution < 1.29 is 28.2 Å². The number of aromatic nitrogens is 1. The summed E-state index contributed by atoms with van der Waals surface area (Å²) in [6, 6.07) is 14.9. The first-order valence-electron chi connectivity index (χ1n) is 13.5. The van der Waals surface area contributed by atoms with Crippen LogP contribution in [0.5, 0.6) is 11.5 Å². The quantitative estimate of drug-likeness (QED) is 0.195. The molecule has 0 spiro atoms. The molecule has 11 heteroatoms. The van der Waals surface area contributed by atoms with Gasteiger partial charge in [0.2, 0.25) is 0 Å². The molecule has 2 aromatic heterocycles. The Balaban J connectivity index is 1.65. The van der Waals surface area contributed by atoms with Crippen molar-refractivity contribution in [2.75, 3.05) is 13.7 Å². The van der Waals surface area contributed by atoms with Crippen LogP contribution >= 0.6 is 22.9 Å². The van der Waals surface area contributed by atoms with Gasteiger partial charge in [0, 0.05) is 18.6 Å². The van der Waals surface area contributed by atoms with Gasteiger partial charge < -0.3 is 18.6 Å². The molecule has 3 heterocycles. The van der Waals surface area contributed by atoms with Crippen molar-refractivity contribution in [2.45, 2.75) is 33.7 Å². The van der Waals surface area contributed by atoms with Crippen molar-refractivity contribution in [2.24, 2.45) is 10.9 Å². The van der Waals surface area contributed by atoms with E-state index in [-0.39, 0.29) is 35.2 Å². The van der Waals surface area contributed by atoms with E-state index in [9.17, 15) is 14.4 Å². The lowest BCUT2D eigenvalue weighted by molar-refractivity contribution is -0.140. The van der Waals surface area contributed by atoms with Gasteiger partial charge in [-0.3, -0.25) is 14.2 Å². The van der Waals surface area contributed by atoms with E-state index in [1.165, 1.54) is 29.9 Å². The second kappa shape index (κ2) is 12.4. The van der Waals surface area contributed by atoms with E-state index in [1.807, 2.05) is 32.0 Å². The summed E-state index contributed by atoms with van der Waals surface area (Å²) in [6.07, 6.45) is 1.64. The van der Waals surface area contributed by atoms with Crippen LogP contribution in [0.4, 0.5) is 0 Å². The van der Waals surface area contributed by atoms with Crippen LogP contribution in [0.15, 0.2) is 80.1 Å². The second-order valence-corrected chi connectivity index (χ2v) is 11.7. The van der Waals surface area contributed by atoms with E-state index >= 15 is 0 Å². The Labute approximate surface area is 256 Å². The van der Waals surface area contributed by atoms with Crippen molar-refractivity contribution >= 4 is 41.0 Å². The molecular weight excluding hydrogens is 592 g/mol. The van der Waals surface area contributed by atoms with Gasteiger partial charge in [0.05, 0.1) is 40.6 Å². The van der Waals surface area contributed by atoms with Crippen molar-refractivity contribution in [3.63, 3.8) is 0 Å². The van der Waals surface area contributed by atoms with Crippen LogP contribution in [-0.4, -0.2) is 30.2 Å². The number of carbonyl (C=O) groups is 2. The number of fused-ring (bicyclic) bond motifs is 1. The lowest BCUT2D eigenvalue weighted by atomic mass is 9.95. The number of nitrogens with zero attached hydrogens (tertiary/aromatic N) is 2. The Hall–Kier alpha value is -4.41. The lowest BCUT2D eigenvalue weighted by Gasteiger charge is -2.25. The minimum absolute atomic E-state index is 0.108. The van der Waals surface area contributed by atoms with Gasteiger partial charge >= 0.3 is 11.9 Å². The van der Waals surface area contributed by atoms with Gasteiger partial charge in [-0.25, -0.2) is 9.79 Å². The molecule has 2 aromatic carbocycles. The maximum Gasteiger partial charge on any atom is 0.338 e. The van der Waals surface area contributed by atoms with Crippen molar-refractivity contribution in [3.8, 4) is 22.8 Å². The average Bonchev–Trinajstić information content (AvgIpc) is 3.55. The largest absolute Gasteiger partial charge is 0.493 e. The fourth-order valence-electron chi connectivity index (χ4n) is 4.68. The third kappa shape index (κ3) is 6.21. The van der Waals surface area contributed by atoms with Crippen LogP contribution in [0.3, 0.4) is 0 Å². The number of rotatable bonds is 8. The topological polar surface area (TPSA) is 109 Å². The summed E-state index contributed by atoms with van der Waals surface area (Å²) in [4.78, 5) is 44.1. The van der Waals surface area contributed by atoms with E-state index in [4.69, 9.17) is 30.2 Å². The number of hydrogen-bond acceptors (Lipinski definition) is 9. The average molecular weight is 621 g/mol. The number of furan rings is 1. The molecule has 43 heavy (non-hydrogen) atoms. The number of halogens is 1. The van der Waals surface area contributed by atoms with E-state index in [0.717, 1.165) is 5.56 Å². The van der Waals surface area contributed by atoms with Gasteiger partial charge in [0.15, 0.2) is 16.3 Å². The fourth-order valence-corrected chi connectivity index (χ4v) is 5.93. The predicted molar refractivity (Wildman–Crippen MR) is 163 cm³/mol. The highest BCUT2D eigenvalue weighted by Gasteiger charge is 2.34. The third-order valence-electron chi connectivity index (χ3n) is 6.59. The van der Waals surface area contributed by atoms with E-state index in [1.54, 1.807) is 49.4 Å². The molecule has 0 fully saturated rings. The summed E-state index contributed by atoms with van der Waals surface area (Å²) >= 11 is 7.51.